The van der Waals surface area contributed by atoms with Crippen LogP contribution in [0, 0.1) is 5.92 Å². The molecule has 70 valence electrons. The van der Waals surface area contributed by atoms with Crippen LogP contribution in [0.25, 0.3) is 0 Å². The van der Waals surface area contributed by atoms with Crippen LogP contribution in [0.2, 0.25) is 0 Å². The smallest absolute Gasteiger partial charge is 0.310 e. The Morgan fingerprint density at radius 2 is 2.00 bits per heavy atom. The van der Waals surface area contributed by atoms with Crippen LogP contribution in [0.1, 0.15) is 6.92 Å². The third-order valence-electron chi connectivity index (χ3n) is 2.17. The van der Waals surface area contributed by atoms with Crippen molar-refractivity contribution < 1.29 is 23.4 Å². The molecule has 0 amide bonds. The van der Waals surface area contributed by atoms with Crippen LogP contribution < -0.4 is 0 Å². The normalized spacial score (nSPS) is 39.7. The Balaban J connectivity index is 3.00. The van der Waals surface area contributed by atoms with Crippen LogP contribution in [0.5, 0.6) is 0 Å². The van der Waals surface area contributed by atoms with Crippen molar-refractivity contribution in [2.45, 2.75) is 18.3 Å². The van der Waals surface area contributed by atoms with Gasteiger partial charge in [-0.3, -0.25) is 4.79 Å². The number of aliphatic hydroxyl groups is 1. The summed E-state index contributed by atoms with van der Waals surface area (Å²) in [5.74, 6) is -2.86. The van der Waals surface area contributed by atoms with Gasteiger partial charge in [0.15, 0.2) is 9.84 Å². The summed E-state index contributed by atoms with van der Waals surface area (Å²) >= 11 is 0. The van der Waals surface area contributed by atoms with Crippen molar-refractivity contribution in [3.63, 3.8) is 0 Å². The highest BCUT2D eigenvalue weighted by Gasteiger charge is 2.47. The molecule has 0 aromatic heterocycles. The van der Waals surface area contributed by atoms with Crippen molar-refractivity contribution in [1.82, 2.24) is 0 Å². The highest BCUT2D eigenvalue weighted by molar-refractivity contribution is 7.92. The highest BCUT2D eigenvalue weighted by Crippen LogP contribution is 2.26. The van der Waals surface area contributed by atoms with Crippen LogP contribution in [0.15, 0.2) is 0 Å². The Hall–Kier alpha value is -0.620. The van der Waals surface area contributed by atoms with Gasteiger partial charge in [0.05, 0.1) is 23.0 Å². The van der Waals surface area contributed by atoms with Gasteiger partial charge in [0.25, 0.3) is 0 Å². The standard InChI is InChI=1S/C6H10O5S/c1-3-5(6(8)9)4(7)2-12(3,10)11/h3-5,7H,2H2,1H3,(H,8,9). The van der Waals surface area contributed by atoms with Crippen molar-refractivity contribution in [1.29, 1.82) is 0 Å². The third kappa shape index (κ3) is 1.32. The van der Waals surface area contributed by atoms with Crippen LogP contribution in [0.4, 0.5) is 0 Å². The molecule has 1 aliphatic rings. The lowest BCUT2D eigenvalue weighted by Gasteiger charge is -2.10. The monoisotopic (exact) mass is 194 g/mol. The summed E-state index contributed by atoms with van der Waals surface area (Å²) in [5, 5.41) is 16.7. The molecule has 0 radical (unpaired) electrons. The van der Waals surface area contributed by atoms with Gasteiger partial charge in [-0.25, -0.2) is 8.42 Å². The van der Waals surface area contributed by atoms with Crippen molar-refractivity contribution in [3.8, 4) is 0 Å². The topological polar surface area (TPSA) is 91.7 Å². The molecule has 0 aromatic carbocycles. The number of aliphatic carboxylic acids is 1. The largest absolute Gasteiger partial charge is 0.481 e. The molecule has 1 heterocycles. The van der Waals surface area contributed by atoms with Gasteiger partial charge in [0.2, 0.25) is 0 Å². The lowest BCUT2D eigenvalue weighted by atomic mass is 10.0. The molecule has 1 fully saturated rings. The molecule has 0 spiro atoms. The highest BCUT2D eigenvalue weighted by atomic mass is 32.2. The first-order chi connectivity index (χ1) is 5.36. The first-order valence-corrected chi connectivity index (χ1v) is 5.20. The zero-order valence-corrected chi connectivity index (χ0v) is 7.28. The molecule has 1 rings (SSSR count). The molecule has 1 saturated heterocycles. The molecule has 12 heavy (non-hydrogen) atoms. The molecule has 6 heteroatoms. The van der Waals surface area contributed by atoms with Crippen molar-refractivity contribution in [3.05, 3.63) is 0 Å². The van der Waals surface area contributed by atoms with Crippen LogP contribution in [-0.4, -0.2) is 41.7 Å². The maximum Gasteiger partial charge on any atom is 0.310 e. The second-order valence-electron chi connectivity index (χ2n) is 2.97. The molecular formula is C6H10O5S. The SMILES string of the molecule is CC1C(C(=O)O)C(O)CS1(=O)=O. The van der Waals surface area contributed by atoms with E-state index in [9.17, 15) is 13.2 Å². The number of hydrogen-bond acceptors (Lipinski definition) is 4. The van der Waals surface area contributed by atoms with Gasteiger partial charge in [0.1, 0.15) is 0 Å². The molecule has 5 nitrogen and oxygen atoms in total. The lowest BCUT2D eigenvalue weighted by Crippen LogP contribution is -2.30. The van der Waals surface area contributed by atoms with E-state index in [1.165, 1.54) is 6.92 Å². The minimum Gasteiger partial charge on any atom is -0.481 e. The van der Waals surface area contributed by atoms with Gasteiger partial charge in [-0.15, -0.1) is 0 Å². The summed E-state index contributed by atoms with van der Waals surface area (Å²) in [5.41, 5.74) is 0. The van der Waals surface area contributed by atoms with Gasteiger partial charge >= 0.3 is 5.97 Å². The molecule has 0 aromatic rings. The minimum atomic E-state index is -3.40. The Morgan fingerprint density at radius 1 is 1.50 bits per heavy atom. The van der Waals surface area contributed by atoms with E-state index in [1.807, 2.05) is 0 Å². The predicted octanol–water partition coefficient (Wildman–Crippen LogP) is -1.14. The fourth-order valence-electron chi connectivity index (χ4n) is 1.40. The fraction of sp³-hybridized carbons (Fsp3) is 0.833. The second kappa shape index (κ2) is 2.70. The van der Waals surface area contributed by atoms with Gasteiger partial charge in [0, 0.05) is 0 Å². The Kier molecular flexibility index (Phi) is 2.13. The molecule has 3 atom stereocenters. The predicted molar refractivity (Wildman–Crippen MR) is 40.4 cm³/mol. The number of sulfone groups is 1. The van der Waals surface area contributed by atoms with Gasteiger partial charge in [-0.2, -0.15) is 0 Å². The summed E-state index contributed by atoms with van der Waals surface area (Å²) in [6.45, 7) is 1.31. The zero-order chi connectivity index (χ0) is 9.52. The second-order valence-corrected chi connectivity index (χ2v) is 5.37. The Labute approximate surface area is 69.9 Å². The maximum absolute atomic E-state index is 11.1. The quantitative estimate of drug-likeness (QED) is 0.550. The average molecular weight is 194 g/mol. The summed E-state index contributed by atoms with van der Waals surface area (Å²) < 4.78 is 22.1. The van der Waals surface area contributed by atoms with E-state index in [4.69, 9.17) is 10.2 Å². The minimum absolute atomic E-state index is 0.439. The number of hydrogen-bond donors (Lipinski definition) is 2. The number of carboxylic acid groups (broad SMARTS) is 1. The van der Waals surface area contributed by atoms with E-state index in [-0.39, 0.29) is 0 Å². The van der Waals surface area contributed by atoms with Gasteiger partial charge in [-0.1, -0.05) is 0 Å². The summed E-state index contributed by atoms with van der Waals surface area (Å²) in [6.07, 6.45) is -1.26. The van der Waals surface area contributed by atoms with E-state index < -0.39 is 38.8 Å². The number of rotatable bonds is 1. The van der Waals surface area contributed by atoms with Crippen LogP contribution in [0.3, 0.4) is 0 Å². The fourth-order valence-corrected chi connectivity index (χ4v) is 3.13. The molecule has 0 aliphatic carbocycles. The molecule has 0 saturated carbocycles. The van der Waals surface area contributed by atoms with E-state index >= 15 is 0 Å². The van der Waals surface area contributed by atoms with Crippen LogP contribution in [-0.2, 0) is 14.6 Å². The van der Waals surface area contributed by atoms with Crippen LogP contribution >= 0.6 is 0 Å². The Bertz CT molecular complexity index is 293. The molecule has 1 aliphatic heterocycles. The van der Waals surface area contributed by atoms with Crippen molar-refractivity contribution in [2.24, 2.45) is 5.92 Å². The molecule has 2 N–H and O–H groups in total. The zero-order valence-electron chi connectivity index (χ0n) is 6.47. The Morgan fingerprint density at radius 3 is 2.17 bits per heavy atom. The van der Waals surface area contributed by atoms with Gasteiger partial charge < -0.3 is 10.2 Å². The average Bonchev–Trinajstić information content (AvgIpc) is 2.02. The summed E-state index contributed by atoms with van der Waals surface area (Å²) in [7, 11) is -3.40. The van der Waals surface area contributed by atoms with Crippen molar-refractivity contribution in [2.75, 3.05) is 5.75 Å². The molecular weight excluding hydrogens is 184 g/mol. The maximum atomic E-state index is 11.1. The first-order valence-electron chi connectivity index (χ1n) is 3.48. The van der Waals surface area contributed by atoms with E-state index in [0.29, 0.717) is 0 Å². The third-order valence-corrected chi connectivity index (χ3v) is 4.41. The summed E-state index contributed by atoms with van der Waals surface area (Å²) in [4.78, 5) is 10.5. The first kappa shape index (κ1) is 9.47. The number of carboxylic acids is 1. The number of carbonyl (C=O) groups is 1. The molecule has 0 bridgehead atoms. The number of aliphatic hydroxyl groups excluding tert-OH is 1. The van der Waals surface area contributed by atoms with E-state index in [1.54, 1.807) is 0 Å². The van der Waals surface area contributed by atoms with Crippen molar-refractivity contribution >= 4 is 15.8 Å². The van der Waals surface area contributed by atoms with E-state index in [0.717, 1.165) is 0 Å². The van der Waals surface area contributed by atoms with E-state index in [2.05, 4.69) is 0 Å². The van der Waals surface area contributed by atoms with Gasteiger partial charge in [-0.05, 0) is 6.92 Å². The lowest BCUT2D eigenvalue weighted by molar-refractivity contribution is -0.144. The molecule has 3 unspecified atom stereocenters. The summed E-state index contributed by atoms with van der Waals surface area (Å²) in [6, 6.07) is 0.